The monoisotopic (exact) mass is 194 g/mol. The zero-order chi connectivity index (χ0) is 10.1. The Morgan fingerprint density at radius 2 is 2.21 bits per heavy atom. The number of hydrogen-bond acceptors (Lipinski definition) is 1. The average molecular weight is 194 g/mol. The van der Waals surface area contributed by atoms with Gasteiger partial charge in [-0.2, -0.15) is 0 Å². The second kappa shape index (κ2) is 3.60. The van der Waals surface area contributed by atoms with E-state index in [9.17, 15) is 4.39 Å². The second-order valence-corrected chi connectivity index (χ2v) is 4.27. The highest BCUT2D eigenvalue weighted by molar-refractivity contribution is 5.35. The Hall–Kier alpha value is -1.05. The Morgan fingerprint density at radius 1 is 1.43 bits per heavy atom. The minimum absolute atomic E-state index is 0.170. The van der Waals surface area contributed by atoms with Gasteiger partial charge >= 0.3 is 0 Å². The van der Waals surface area contributed by atoms with E-state index in [-0.39, 0.29) is 5.82 Å². The van der Waals surface area contributed by atoms with Crippen molar-refractivity contribution in [3.63, 3.8) is 0 Å². The van der Waals surface area contributed by atoms with E-state index >= 15 is 0 Å². The number of fused-ring (bicyclic) bond motifs is 1. The molecule has 0 N–H and O–H groups in total. The van der Waals surface area contributed by atoms with E-state index in [0.29, 0.717) is 11.8 Å². The maximum Gasteiger partial charge on any atom is 0.123 e. The molecular formula is C12H15FO. The lowest BCUT2D eigenvalue weighted by Crippen LogP contribution is -2.25. The van der Waals surface area contributed by atoms with Crippen molar-refractivity contribution in [2.45, 2.75) is 20.3 Å². The van der Waals surface area contributed by atoms with Crippen LogP contribution in [0.2, 0.25) is 0 Å². The Balaban J connectivity index is 2.24. The molecule has 1 aliphatic heterocycles. The van der Waals surface area contributed by atoms with Gasteiger partial charge in [-0.25, -0.2) is 4.39 Å². The van der Waals surface area contributed by atoms with E-state index in [1.54, 1.807) is 12.1 Å². The van der Waals surface area contributed by atoms with Crippen LogP contribution in [0.5, 0.6) is 5.75 Å². The van der Waals surface area contributed by atoms with Crippen molar-refractivity contribution in [1.82, 2.24) is 0 Å². The van der Waals surface area contributed by atoms with Crippen LogP contribution in [0.3, 0.4) is 0 Å². The molecule has 1 aromatic carbocycles. The summed E-state index contributed by atoms with van der Waals surface area (Å²) in [5, 5.41) is 0. The van der Waals surface area contributed by atoms with Gasteiger partial charge in [-0.3, -0.25) is 0 Å². The molecule has 1 nitrogen and oxygen atoms in total. The summed E-state index contributed by atoms with van der Waals surface area (Å²) in [5.74, 6) is 1.79. The highest BCUT2D eigenvalue weighted by Crippen LogP contribution is 2.30. The van der Waals surface area contributed by atoms with Crippen LogP contribution in [0.1, 0.15) is 19.4 Å². The first-order chi connectivity index (χ1) is 6.66. The Bertz CT molecular complexity index is 333. The molecule has 0 aliphatic carbocycles. The molecular weight excluding hydrogens is 179 g/mol. The van der Waals surface area contributed by atoms with Gasteiger partial charge in [0.2, 0.25) is 0 Å². The van der Waals surface area contributed by atoms with Gasteiger partial charge in [0.25, 0.3) is 0 Å². The van der Waals surface area contributed by atoms with Crippen molar-refractivity contribution >= 4 is 0 Å². The lowest BCUT2D eigenvalue weighted by atomic mass is 9.88. The number of hydrogen-bond donors (Lipinski definition) is 0. The Labute approximate surface area is 83.9 Å². The van der Waals surface area contributed by atoms with E-state index in [4.69, 9.17) is 4.74 Å². The molecule has 2 rings (SSSR count). The number of benzene rings is 1. The van der Waals surface area contributed by atoms with E-state index in [0.717, 1.165) is 24.3 Å². The van der Waals surface area contributed by atoms with Crippen molar-refractivity contribution in [2.75, 3.05) is 6.61 Å². The van der Waals surface area contributed by atoms with Crippen molar-refractivity contribution in [2.24, 2.45) is 11.8 Å². The van der Waals surface area contributed by atoms with Crippen LogP contribution in [-0.2, 0) is 6.42 Å². The lowest BCUT2D eigenvalue weighted by molar-refractivity contribution is 0.184. The molecule has 0 fully saturated rings. The topological polar surface area (TPSA) is 9.23 Å². The summed E-state index contributed by atoms with van der Waals surface area (Å²) in [5.41, 5.74) is 1.01. The van der Waals surface area contributed by atoms with Gasteiger partial charge in [0.1, 0.15) is 11.6 Å². The lowest BCUT2D eigenvalue weighted by Gasteiger charge is -2.27. The maximum absolute atomic E-state index is 13.0. The van der Waals surface area contributed by atoms with Gasteiger partial charge in [0.15, 0.2) is 0 Å². The van der Waals surface area contributed by atoms with Crippen molar-refractivity contribution < 1.29 is 9.13 Å². The molecule has 14 heavy (non-hydrogen) atoms. The summed E-state index contributed by atoms with van der Waals surface area (Å²) in [6, 6.07) is 4.76. The van der Waals surface area contributed by atoms with Gasteiger partial charge in [-0.1, -0.05) is 13.8 Å². The standard InChI is InChI=1S/C12H15FO/c1-8(2)10-5-9-6-11(13)3-4-12(9)14-7-10/h3-4,6,8,10H,5,7H2,1-2H3. The predicted molar refractivity (Wildman–Crippen MR) is 53.9 cm³/mol. The quantitative estimate of drug-likeness (QED) is 0.667. The molecule has 0 bridgehead atoms. The van der Waals surface area contributed by atoms with Crippen LogP contribution in [0, 0.1) is 17.7 Å². The molecule has 0 saturated heterocycles. The fourth-order valence-electron chi connectivity index (χ4n) is 1.81. The van der Waals surface area contributed by atoms with Crippen LogP contribution in [0.15, 0.2) is 18.2 Å². The van der Waals surface area contributed by atoms with Gasteiger partial charge in [-0.05, 0) is 42.0 Å². The minimum Gasteiger partial charge on any atom is -0.493 e. The Kier molecular flexibility index (Phi) is 2.44. The normalized spacial score (nSPS) is 20.4. The van der Waals surface area contributed by atoms with E-state index in [1.165, 1.54) is 6.07 Å². The molecule has 1 heterocycles. The largest absolute Gasteiger partial charge is 0.493 e. The van der Waals surface area contributed by atoms with E-state index in [2.05, 4.69) is 13.8 Å². The second-order valence-electron chi connectivity index (χ2n) is 4.27. The van der Waals surface area contributed by atoms with Gasteiger partial charge in [-0.15, -0.1) is 0 Å². The van der Waals surface area contributed by atoms with E-state index < -0.39 is 0 Å². The van der Waals surface area contributed by atoms with Crippen molar-refractivity contribution in [3.05, 3.63) is 29.6 Å². The molecule has 1 aliphatic rings. The van der Waals surface area contributed by atoms with Crippen LogP contribution in [0.4, 0.5) is 4.39 Å². The molecule has 0 saturated carbocycles. The molecule has 1 aromatic rings. The van der Waals surface area contributed by atoms with Crippen LogP contribution < -0.4 is 4.74 Å². The molecule has 2 heteroatoms. The highest BCUT2D eigenvalue weighted by Gasteiger charge is 2.22. The molecule has 76 valence electrons. The average Bonchev–Trinajstić information content (AvgIpc) is 2.16. The third kappa shape index (κ3) is 1.74. The van der Waals surface area contributed by atoms with Crippen molar-refractivity contribution in [1.29, 1.82) is 0 Å². The van der Waals surface area contributed by atoms with Gasteiger partial charge in [0, 0.05) is 0 Å². The number of halogens is 1. The van der Waals surface area contributed by atoms with Crippen LogP contribution >= 0.6 is 0 Å². The van der Waals surface area contributed by atoms with Crippen molar-refractivity contribution in [3.8, 4) is 5.75 Å². The summed E-state index contributed by atoms with van der Waals surface area (Å²) in [4.78, 5) is 0. The third-order valence-corrected chi connectivity index (χ3v) is 2.90. The van der Waals surface area contributed by atoms with Crippen LogP contribution in [-0.4, -0.2) is 6.61 Å². The predicted octanol–water partition coefficient (Wildman–Crippen LogP) is 3.03. The Morgan fingerprint density at radius 3 is 2.93 bits per heavy atom. The van der Waals surface area contributed by atoms with Gasteiger partial charge < -0.3 is 4.74 Å². The fourth-order valence-corrected chi connectivity index (χ4v) is 1.81. The first-order valence-corrected chi connectivity index (χ1v) is 5.08. The zero-order valence-electron chi connectivity index (χ0n) is 8.59. The first kappa shape index (κ1) is 9.50. The molecule has 0 radical (unpaired) electrons. The van der Waals surface area contributed by atoms with Crippen LogP contribution in [0.25, 0.3) is 0 Å². The highest BCUT2D eigenvalue weighted by atomic mass is 19.1. The third-order valence-electron chi connectivity index (χ3n) is 2.90. The SMILES string of the molecule is CC(C)C1COc2ccc(F)cc2C1. The first-order valence-electron chi connectivity index (χ1n) is 5.08. The molecule has 0 spiro atoms. The smallest absolute Gasteiger partial charge is 0.123 e. The number of rotatable bonds is 1. The molecule has 1 atom stereocenters. The maximum atomic E-state index is 13.0. The number of ether oxygens (including phenoxy) is 1. The molecule has 0 amide bonds. The minimum atomic E-state index is -0.170. The summed E-state index contributed by atoms with van der Waals surface area (Å²) in [6.45, 7) is 5.12. The molecule has 0 aromatic heterocycles. The summed E-state index contributed by atoms with van der Waals surface area (Å²) in [6.07, 6.45) is 0.935. The van der Waals surface area contributed by atoms with Gasteiger partial charge in [0.05, 0.1) is 6.61 Å². The summed E-state index contributed by atoms with van der Waals surface area (Å²) in [7, 11) is 0. The molecule has 1 unspecified atom stereocenters. The zero-order valence-corrected chi connectivity index (χ0v) is 8.59. The fraction of sp³-hybridized carbons (Fsp3) is 0.500. The summed E-state index contributed by atoms with van der Waals surface area (Å²) < 4.78 is 18.6. The van der Waals surface area contributed by atoms with E-state index in [1.807, 2.05) is 0 Å². The summed E-state index contributed by atoms with van der Waals surface area (Å²) >= 11 is 0.